The first-order valence-corrected chi connectivity index (χ1v) is 11.4. The van der Waals surface area contributed by atoms with E-state index < -0.39 is 9.84 Å². The molecular formula is C18H17BrN2O2S2. The van der Waals surface area contributed by atoms with Crippen molar-refractivity contribution >= 4 is 48.6 Å². The Hall–Kier alpha value is -1.31. The SMILES string of the molecule is Cc1cc2nc3n(c2cc1C)[C@@H](CS(=O)(=O)c1ccc(Br)cc1)CS3. The Kier molecular flexibility index (Phi) is 4.21. The number of nitrogens with zero attached hydrogens (tertiary/aromatic N) is 2. The van der Waals surface area contributed by atoms with Gasteiger partial charge in [0.2, 0.25) is 0 Å². The Bertz CT molecular complexity index is 1070. The molecule has 25 heavy (non-hydrogen) atoms. The highest BCUT2D eigenvalue weighted by Crippen LogP contribution is 2.38. The van der Waals surface area contributed by atoms with Crippen LogP contribution in [0.5, 0.6) is 0 Å². The first-order valence-electron chi connectivity index (χ1n) is 7.95. The lowest BCUT2D eigenvalue weighted by molar-refractivity contribution is 0.559. The molecule has 4 nitrogen and oxygen atoms in total. The fraction of sp³-hybridized carbons (Fsp3) is 0.278. The molecule has 1 atom stereocenters. The van der Waals surface area contributed by atoms with Crippen molar-refractivity contribution in [3.05, 3.63) is 52.0 Å². The number of hydrogen-bond acceptors (Lipinski definition) is 4. The largest absolute Gasteiger partial charge is 0.314 e. The first-order chi connectivity index (χ1) is 11.8. The summed E-state index contributed by atoms with van der Waals surface area (Å²) >= 11 is 4.98. The number of fused-ring (bicyclic) bond motifs is 3. The maximum Gasteiger partial charge on any atom is 0.180 e. The lowest BCUT2D eigenvalue weighted by Crippen LogP contribution is -2.19. The van der Waals surface area contributed by atoms with Crippen LogP contribution < -0.4 is 0 Å². The van der Waals surface area contributed by atoms with Gasteiger partial charge in [-0.15, -0.1) is 0 Å². The zero-order chi connectivity index (χ0) is 17.8. The van der Waals surface area contributed by atoms with Crippen molar-refractivity contribution in [1.29, 1.82) is 0 Å². The summed E-state index contributed by atoms with van der Waals surface area (Å²) in [5.74, 6) is 0.827. The summed E-state index contributed by atoms with van der Waals surface area (Å²) in [5.41, 5.74) is 4.37. The predicted molar refractivity (Wildman–Crippen MR) is 105 cm³/mol. The van der Waals surface area contributed by atoms with Gasteiger partial charge in [-0.05, 0) is 61.4 Å². The van der Waals surface area contributed by atoms with Gasteiger partial charge in [-0.3, -0.25) is 0 Å². The molecule has 1 aliphatic heterocycles. The number of imidazole rings is 1. The molecule has 0 bridgehead atoms. The minimum Gasteiger partial charge on any atom is -0.314 e. The van der Waals surface area contributed by atoms with Gasteiger partial charge < -0.3 is 4.57 Å². The second kappa shape index (κ2) is 6.14. The minimum atomic E-state index is -3.35. The standard InChI is InChI=1S/C18H17BrN2O2S2/c1-11-7-16-17(8-12(11)2)21-14(9-24-18(21)20-16)10-25(22,23)15-5-3-13(19)4-6-15/h3-8,14H,9-10H2,1-2H3/t14-/m1/s1. The molecule has 7 heteroatoms. The zero-order valence-electron chi connectivity index (χ0n) is 13.9. The molecule has 0 spiro atoms. The van der Waals surface area contributed by atoms with E-state index in [1.54, 1.807) is 36.0 Å². The smallest absolute Gasteiger partial charge is 0.180 e. The van der Waals surface area contributed by atoms with Crippen LogP contribution in [0.2, 0.25) is 0 Å². The topological polar surface area (TPSA) is 52.0 Å². The number of rotatable bonds is 3. The summed E-state index contributed by atoms with van der Waals surface area (Å²) in [5, 5.41) is 0.913. The van der Waals surface area contributed by atoms with E-state index in [-0.39, 0.29) is 11.8 Å². The molecule has 2 heterocycles. The Morgan fingerprint density at radius 3 is 2.60 bits per heavy atom. The van der Waals surface area contributed by atoms with Crippen molar-refractivity contribution < 1.29 is 8.42 Å². The molecule has 2 aromatic carbocycles. The Morgan fingerprint density at radius 1 is 1.20 bits per heavy atom. The van der Waals surface area contributed by atoms with Gasteiger partial charge in [-0.1, -0.05) is 27.7 Å². The van der Waals surface area contributed by atoms with Gasteiger partial charge in [0.15, 0.2) is 15.0 Å². The molecule has 0 fully saturated rings. The number of sulfone groups is 1. The highest BCUT2D eigenvalue weighted by atomic mass is 79.9. The van der Waals surface area contributed by atoms with Gasteiger partial charge in [0, 0.05) is 10.2 Å². The number of benzene rings is 2. The van der Waals surface area contributed by atoms with Crippen LogP contribution in [0, 0.1) is 13.8 Å². The number of aromatic nitrogens is 2. The van der Waals surface area contributed by atoms with Crippen LogP contribution in [-0.4, -0.2) is 29.5 Å². The van der Waals surface area contributed by atoms with Gasteiger partial charge in [-0.2, -0.15) is 0 Å². The van der Waals surface area contributed by atoms with Gasteiger partial charge >= 0.3 is 0 Å². The number of aryl methyl sites for hydroxylation is 2. The maximum atomic E-state index is 12.8. The fourth-order valence-electron chi connectivity index (χ4n) is 3.14. The lowest BCUT2D eigenvalue weighted by atomic mass is 10.1. The van der Waals surface area contributed by atoms with Crippen LogP contribution in [0.4, 0.5) is 0 Å². The molecule has 0 aliphatic carbocycles. The van der Waals surface area contributed by atoms with E-state index >= 15 is 0 Å². The summed E-state index contributed by atoms with van der Waals surface area (Å²) in [6.45, 7) is 4.15. The third-order valence-corrected chi connectivity index (χ3v) is 8.07. The van der Waals surface area contributed by atoms with E-state index in [1.807, 2.05) is 0 Å². The van der Waals surface area contributed by atoms with Gasteiger partial charge in [0.25, 0.3) is 0 Å². The highest BCUT2D eigenvalue weighted by molar-refractivity contribution is 9.10. The molecule has 130 valence electrons. The molecule has 1 aromatic heterocycles. The predicted octanol–water partition coefficient (Wildman–Crippen LogP) is 4.54. The third-order valence-electron chi connectivity index (χ3n) is 4.63. The van der Waals surface area contributed by atoms with Gasteiger partial charge in [-0.25, -0.2) is 13.4 Å². The van der Waals surface area contributed by atoms with Crippen LogP contribution in [0.3, 0.4) is 0 Å². The Labute approximate surface area is 159 Å². The van der Waals surface area contributed by atoms with Crippen molar-refractivity contribution in [3.8, 4) is 0 Å². The quantitative estimate of drug-likeness (QED) is 0.604. The third kappa shape index (κ3) is 3.02. The van der Waals surface area contributed by atoms with E-state index in [1.165, 1.54) is 11.1 Å². The average Bonchev–Trinajstić information content (AvgIpc) is 3.08. The van der Waals surface area contributed by atoms with E-state index in [9.17, 15) is 8.42 Å². The normalized spacial score (nSPS) is 17.2. The lowest BCUT2D eigenvalue weighted by Gasteiger charge is -2.14. The van der Waals surface area contributed by atoms with Gasteiger partial charge in [0.05, 0.1) is 27.7 Å². The number of halogens is 1. The van der Waals surface area contributed by atoms with Crippen molar-refractivity contribution in [2.45, 2.75) is 29.9 Å². The molecule has 0 amide bonds. The number of thioether (sulfide) groups is 1. The molecule has 0 radical (unpaired) electrons. The van der Waals surface area contributed by atoms with Crippen LogP contribution in [0.1, 0.15) is 17.2 Å². The van der Waals surface area contributed by atoms with Crippen molar-refractivity contribution in [3.63, 3.8) is 0 Å². The molecule has 1 aliphatic rings. The summed E-state index contributed by atoms with van der Waals surface area (Å²) in [6, 6.07) is 10.9. The van der Waals surface area contributed by atoms with Crippen molar-refractivity contribution in [2.24, 2.45) is 0 Å². The van der Waals surface area contributed by atoms with E-state index in [2.05, 4.69) is 51.5 Å². The number of hydrogen-bond donors (Lipinski definition) is 0. The average molecular weight is 437 g/mol. The van der Waals surface area contributed by atoms with Gasteiger partial charge in [0.1, 0.15) is 0 Å². The summed E-state index contributed by atoms with van der Waals surface area (Å²) < 4.78 is 28.6. The second-order valence-electron chi connectivity index (χ2n) is 6.39. The van der Waals surface area contributed by atoms with Crippen LogP contribution in [-0.2, 0) is 9.84 Å². The molecule has 0 unspecified atom stereocenters. The molecular weight excluding hydrogens is 420 g/mol. The molecule has 4 rings (SSSR count). The summed E-state index contributed by atoms with van der Waals surface area (Å²) in [6.07, 6.45) is 0. The van der Waals surface area contributed by atoms with Crippen molar-refractivity contribution in [2.75, 3.05) is 11.5 Å². The molecule has 0 N–H and O–H groups in total. The van der Waals surface area contributed by atoms with E-state index in [0.717, 1.165) is 26.4 Å². The van der Waals surface area contributed by atoms with Crippen molar-refractivity contribution in [1.82, 2.24) is 9.55 Å². The highest BCUT2D eigenvalue weighted by Gasteiger charge is 2.31. The van der Waals surface area contributed by atoms with E-state index in [0.29, 0.717) is 4.90 Å². The minimum absolute atomic E-state index is 0.0903. The fourth-order valence-corrected chi connectivity index (χ4v) is 6.23. The second-order valence-corrected chi connectivity index (χ2v) is 10.3. The molecule has 0 saturated heterocycles. The Morgan fingerprint density at radius 2 is 1.88 bits per heavy atom. The summed E-state index contributed by atoms with van der Waals surface area (Å²) in [7, 11) is -3.35. The van der Waals surface area contributed by atoms with Crippen LogP contribution in [0.15, 0.2) is 50.9 Å². The molecule has 3 aromatic rings. The Balaban J connectivity index is 1.73. The monoisotopic (exact) mass is 436 g/mol. The maximum absolute atomic E-state index is 12.8. The first kappa shape index (κ1) is 17.1. The van der Waals surface area contributed by atoms with Crippen LogP contribution in [0.25, 0.3) is 11.0 Å². The molecule has 0 saturated carbocycles. The summed E-state index contributed by atoms with van der Waals surface area (Å²) in [4.78, 5) is 5.05. The van der Waals surface area contributed by atoms with Crippen LogP contribution >= 0.6 is 27.7 Å². The van der Waals surface area contributed by atoms with E-state index in [4.69, 9.17) is 0 Å². The zero-order valence-corrected chi connectivity index (χ0v) is 17.1.